The molecule has 0 saturated heterocycles. The van der Waals surface area contributed by atoms with Crippen LogP contribution >= 0.6 is 0 Å². The molecule has 6 nitrogen and oxygen atoms in total. The van der Waals surface area contributed by atoms with E-state index >= 15 is 0 Å². The molecule has 0 radical (unpaired) electrons. The minimum Gasteiger partial charge on any atom is -0.481 e. The Morgan fingerprint density at radius 3 is 2.57 bits per heavy atom. The van der Waals surface area contributed by atoms with Gasteiger partial charge < -0.3 is 10.5 Å². The van der Waals surface area contributed by atoms with Crippen molar-refractivity contribution in [2.45, 2.75) is 19.4 Å². The zero-order chi connectivity index (χ0) is 15.5. The molecule has 0 spiro atoms. The van der Waals surface area contributed by atoms with Gasteiger partial charge in [-0.2, -0.15) is 4.98 Å². The van der Waals surface area contributed by atoms with E-state index in [2.05, 4.69) is 15.3 Å². The predicted molar refractivity (Wildman–Crippen MR) is 79.9 cm³/mol. The van der Waals surface area contributed by atoms with Crippen molar-refractivity contribution in [3.8, 4) is 5.88 Å². The van der Waals surface area contributed by atoms with Crippen LogP contribution in [-0.4, -0.2) is 23.0 Å². The summed E-state index contributed by atoms with van der Waals surface area (Å²) in [7, 11) is 1.50. The summed E-state index contributed by atoms with van der Waals surface area (Å²) in [5.74, 6) is 0.169. The van der Waals surface area contributed by atoms with Gasteiger partial charge in [-0.1, -0.05) is 30.3 Å². The molecule has 0 bridgehead atoms. The van der Waals surface area contributed by atoms with E-state index in [0.29, 0.717) is 17.1 Å². The Hall–Kier alpha value is -2.47. The molecule has 0 fully saturated rings. The average molecular weight is 286 g/mol. The van der Waals surface area contributed by atoms with Gasteiger partial charge in [0.25, 0.3) is 5.91 Å². The molecule has 1 aromatic heterocycles. The fourth-order valence-corrected chi connectivity index (χ4v) is 1.85. The van der Waals surface area contributed by atoms with Gasteiger partial charge in [-0.05, 0) is 19.4 Å². The number of aryl methyl sites for hydroxylation is 1. The number of carbonyl (C=O) groups is 1. The van der Waals surface area contributed by atoms with Gasteiger partial charge in [0.1, 0.15) is 5.54 Å². The Morgan fingerprint density at radius 2 is 1.95 bits per heavy atom. The average Bonchev–Trinajstić information content (AvgIpc) is 2.47. The first-order chi connectivity index (χ1) is 9.93. The van der Waals surface area contributed by atoms with E-state index in [1.165, 1.54) is 7.11 Å². The molecule has 0 aliphatic heterocycles. The fraction of sp³-hybridized carbons (Fsp3) is 0.267. The maximum Gasteiger partial charge on any atom is 0.251 e. The predicted octanol–water partition coefficient (Wildman–Crippen LogP) is 1.61. The molecule has 1 aromatic carbocycles. The maximum atomic E-state index is 12.4. The first-order valence-electron chi connectivity index (χ1n) is 6.49. The zero-order valence-corrected chi connectivity index (χ0v) is 12.3. The molecule has 110 valence electrons. The van der Waals surface area contributed by atoms with Crippen molar-refractivity contribution < 1.29 is 9.53 Å². The van der Waals surface area contributed by atoms with E-state index in [1.54, 1.807) is 32.0 Å². The van der Waals surface area contributed by atoms with Crippen LogP contribution in [0, 0.1) is 6.92 Å². The van der Waals surface area contributed by atoms with Crippen molar-refractivity contribution in [3.63, 3.8) is 0 Å². The number of amides is 1. The molecule has 0 saturated carbocycles. The van der Waals surface area contributed by atoms with E-state index < -0.39 is 5.54 Å². The number of anilines is 1. The van der Waals surface area contributed by atoms with Gasteiger partial charge in [0.2, 0.25) is 11.8 Å². The Bertz CT molecular complexity index is 641. The van der Waals surface area contributed by atoms with Crippen molar-refractivity contribution in [2.24, 2.45) is 5.73 Å². The summed E-state index contributed by atoms with van der Waals surface area (Å²) in [4.78, 5) is 20.6. The van der Waals surface area contributed by atoms with Crippen molar-refractivity contribution in [3.05, 3.63) is 47.7 Å². The largest absolute Gasteiger partial charge is 0.481 e. The van der Waals surface area contributed by atoms with Gasteiger partial charge in [0, 0.05) is 11.8 Å². The Labute approximate surface area is 123 Å². The second-order valence-electron chi connectivity index (χ2n) is 4.90. The van der Waals surface area contributed by atoms with Gasteiger partial charge in [-0.15, -0.1) is 0 Å². The van der Waals surface area contributed by atoms with E-state index in [-0.39, 0.29) is 11.9 Å². The van der Waals surface area contributed by atoms with E-state index in [0.717, 1.165) is 0 Å². The Balaban J connectivity index is 2.23. The van der Waals surface area contributed by atoms with Crippen LogP contribution in [-0.2, 0) is 10.3 Å². The van der Waals surface area contributed by atoms with E-state index in [1.807, 2.05) is 18.2 Å². The number of aromatic nitrogens is 2. The van der Waals surface area contributed by atoms with Crippen LogP contribution in [0.3, 0.4) is 0 Å². The molecule has 0 aliphatic carbocycles. The second-order valence-corrected chi connectivity index (χ2v) is 4.90. The molecule has 21 heavy (non-hydrogen) atoms. The summed E-state index contributed by atoms with van der Waals surface area (Å²) in [5, 5.41) is 2.63. The van der Waals surface area contributed by atoms with Gasteiger partial charge in [0.15, 0.2) is 0 Å². The highest BCUT2D eigenvalue weighted by Gasteiger charge is 2.31. The summed E-state index contributed by atoms with van der Waals surface area (Å²) < 4.78 is 5.05. The van der Waals surface area contributed by atoms with Crippen LogP contribution in [0.25, 0.3) is 0 Å². The molecule has 1 atom stereocenters. The standard InChI is InChI=1S/C15H18N4O2/c1-10-9-12(21-3)18-14(17-10)19-13(20)15(2,16)11-7-5-4-6-8-11/h4-9H,16H2,1-3H3,(H,17,18,19,20). The number of benzene rings is 1. The van der Waals surface area contributed by atoms with Crippen LogP contribution < -0.4 is 15.8 Å². The van der Waals surface area contributed by atoms with Crippen molar-refractivity contribution in [1.82, 2.24) is 9.97 Å². The molecule has 6 heteroatoms. The number of ether oxygens (including phenoxy) is 1. The van der Waals surface area contributed by atoms with Gasteiger partial charge in [-0.25, -0.2) is 4.98 Å². The lowest BCUT2D eigenvalue weighted by Gasteiger charge is -2.23. The quantitative estimate of drug-likeness (QED) is 0.891. The van der Waals surface area contributed by atoms with Gasteiger partial charge >= 0.3 is 0 Å². The number of nitrogens with two attached hydrogens (primary N) is 1. The minimum atomic E-state index is -1.18. The number of carbonyl (C=O) groups excluding carboxylic acids is 1. The van der Waals surface area contributed by atoms with Crippen LogP contribution in [0.1, 0.15) is 18.2 Å². The van der Waals surface area contributed by atoms with Crippen molar-refractivity contribution in [2.75, 3.05) is 12.4 Å². The lowest BCUT2D eigenvalue weighted by Crippen LogP contribution is -2.45. The highest BCUT2D eigenvalue weighted by molar-refractivity contribution is 5.97. The second kappa shape index (κ2) is 5.88. The highest BCUT2D eigenvalue weighted by atomic mass is 16.5. The van der Waals surface area contributed by atoms with Gasteiger partial charge in [-0.3, -0.25) is 10.1 Å². The number of nitrogens with one attached hydrogen (secondary N) is 1. The molecule has 1 unspecified atom stereocenters. The van der Waals surface area contributed by atoms with Gasteiger partial charge in [0.05, 0.1) is 7.11 Å². The summed E-state index contributed by atoms with van der Waals surface area (Å²) in [5.41, 5.74) is 6.36. The number of rotatable bonds is 4. The zero-order valence-electron chi connectivity index (χ0n) is 12.3. The normalized spacial score (nSPS) is 13.3. The molecule has 2 rings (SSSR count). The molecule has 3 N–H and O–H groups in total. The van der Waals surface area contributed by atoms with Crippen LogP contribution in [0.5, 0.6) is 5.88 Å². The monoisotopic (exact) mass is 286 g/mol. The first-order valence-corrected chi connectivity index (χ1v) is 6.49. The SMILES string of the molecule is COc1cc(C)nc(NC(=O)C(C)(N)c2ccccc2)n1. The fourth-order valence-electron chi connectivity index (χ4n) is 1.85. The highest BCUT2D eigenvalue weighted by Crippen LogP contribution is 2.19. The molecule has 0 aliphatic rings. The summed E-state index contributed by atoms with van der Waals surface area (Å²) >= 11 is 0. The molecule has 2 aromatic rings. The first kappa shape index (κ1) is 14.9. The van der Waals surface area contributed by atoms with E-state index in [4.69, 9.17) is 10.5 Å². The number of hydrogen-bond acceptors (Lipinski definition) is 5. The number of hydrogen-bond donors (Lipinski definition) is 2. The molecule has 1 heterocycles. The van der Waals surface area contributed by atoms with Crippen molar-refractivity contribution >= 4 is 11.9 Å². The van der Waals surface area contributed by atoms with Crippen molar-refractivity contribution in [1.29, 1.82) is 0 Å². The third-order valence-corrected chi connectivity index (χ3v) is 3.11. The lowest BCUT2D eigenvalue weighted by atomic mass is 9.92. The summed E-state index contributed by atoms with van der Waals surface area (Å²) in [6, 6.07) is 10.8. The molecular weight excluding hydrogens is 268 g/mol. The third kappa shape index (κ3) is 3.35. The number of nitrogens with zero attached hydrogens (tertiary/aromatic N) is 2. The van der Waals surface area contributed by atoms with Crippen LogP contribution in [0.4, 0.5) is 5.95 Å². The minimum absolute atomic E-state index is 0.171. The molecular formula is C15H18N4O2. The molecule has 1 amide bonds. The number of methoxy groups -OCH3 is 1. The Kier molecular flexibility index (Phi) is 4.18. The summed E-state index contributed by atoms with van der Waals surface area (Å²) in [6.45, 7) is 3.43. The van der Waals surface area contributed by atoms with Crippen LogP contribution in [0.15, 0.2) is 36.4 Å². The van der Waals surface area contributed by atoms with Crippen LogP contribution in [0.2, 0.25) is 0 Å². The Morgan fingerprint density at radius 1 is 1.29 bits per heavy atom. The third-order valence-electron chi connectivity index (χ3n) is 3.11. The topological polar surface area (TPSA) is 90.1 Å². The lowest BCUT2D eigenvalue weighted by molar-refractivity contribution is -0.120. The van der Waals surface area contributed by atoms with E-state index in [9.17, 15) is 4.79 Å². The maximum absolute atomic E-state index is 12.4. The summed E-state index contributed by atoms with van der Waals surface area (Å²) in [6.07, 6.45) is 0. The smallest absolute Gasteiger partial charge is 0.251 e.